The molecule has 1 unspecified atom stereocenters. The van der Waals surface area contributed by atoms with E-state index in [1.807, 2.05) is 29.2 Å². The number of esters is 1. The molecule has 0 N–H and O–H groups in total. The Balaban J connectivity index is 1.39. The van der Waals surface area contributed by atoms with Crippen LogP contribution in [0.5, 0.6) is 11.5 Å². The van der Waals surface area contributed by atoms with E-state index in [4.69, 9.17) is 14.2 Å². The molecule has 3 fully saturated rings. The first-order valence-electron chi connectivity index (χ1n) is 14.2. The Bertz CT molecular complexity index is 1110. The van der Waals surface area contributed by atoms with Gasteiger partial charge in [0.25, 0.3) is 0 Å². The molecule has 2 saturated carbocycles. The van der Waals surface area contributed by atoms with Crippen molar-refractivity contribution < 1.29 is 23.8 Å². The second kappa shape index (κ2) is 11.7. The molecule has 3 aliphatic rings. The summed E-state index contributed by atoms with van der Waals surface area (Å²) >= 11 is 0. The monoisotopic (exact) mass is 520 g/mol. The third-order valence-corrected chi connectivity index (χ3v) is 8.45. The summed E-state index contributed by atoms with van der Waals surface area (Å²) < 4.78 is 17.3. The fourth-order valence-corrected chi connectivity index (χ4v) is 6.14. The van der Waals surface area contributed by atoms with E-state index in [1.165, 1.54) is 18.4 Å². The Morgan fingerprint density at radius 3 is 2.39 bits per heavy atom. The minimum Gasteiger partial charge on any atom is -0.493 e. The molecule has 0 bridgehead atoms. The first-order valence-corrected chi connectivity index (χ1v) is 14.2. The number of benzene rings is 2. The first-order chi connectivity index (χ1) is 18.5. The third-order valence-electron chi connectivity index (χ3n) is 8.45. The molecular weight excluding hydrogens is 480 g/mol. The molecule has 204 valence electrons. The van der Waals surface area contributed by atoms with Gasteiger partial charge in [-0.3, -0.25) is 9.59 Å². The summed E-state index contributed by atoms with van der Waals surface area (Å²) in [6.07, 6.45) is 7.56. The summed E-state index contributed by atoms with van der Waals surface area (Å²) in [6, 6.07) is 16.4. The van der Waals surface area contributed by atoms with Gasteiger partial charge >= 0.3 is 5.97 Å². The van der Waals surface area contributed by atoms with Crippen molar-refractivity contribution in [2.45, 2.75) is 70.4 Å². The van der Waals surface area contributed by atoms with Crippen LogP contribution in [-0.2, 0) is 20.7 Å². The van der Waals surface area contributed by atoms with Crippen molar-refractivity contribution in [3.63, 3.8) is 0 Å². The Morgan fingerprint density at radius 1 is 0.974 bits per heavy atom. The lowest BCUT2D eigenvalue weighted by Gasteiger charge is -2.48. The lowest BCUT2D eigenvalue weighted by molar-refractivity contribution is -0.173. The van der Waals surface area contributed by atoms with E-state index in [0.717, 1.165) is 42.9 Å². The predicted octanol–water partition coefficient (Wildman–Crippen LogP) is 5.01. The van der Waals surface area contributed by atoms with Crippen LogP contribution in [0.3, 0.4) is 0 Å². The molecule has 1 heterocycles. The number of amides is 1. The average Bonchev–Trinajstić information content (AvgIpc) is 3.42. The van der Waals surface area contributed by atoms with Crippen molar-refractivity contribution in [1.82, 2.24) is 4.90 Å². The molecule has 1 atom stereocenters. The zero-order valence-corrected chi connectivity index (χ0v) is 22.7. The van der Waals surface area contributed by atoms with Gasteiger partial charge in [-0.25, -0.2) is 0 Å². The number of carbonyl (C=O) groups is 2. The molecule has 2 aromatic carbocycles. The number of hydrogen-bond donors (Lipinski definition) is 0. The Kier molecular flexibility index (Phi) is 8.10. The number of carbonyl (C=O) groups excluding carboxylic acids is 2. The van der Waals surface area contributed by atoms with Gasteiger partial charge in [0.05, 0.1) is 25.9 Å². The van der Waals surface area contributed by atoms with Crippen LogP contribution < -0.4 is 14.4 Å². The maximum Gasteiger partial charge on any atom is 0.321 e. The van der Waals surface area contributed by atoms with E-state index < -0.39 is 5.41 Å². The van der Waals surface area contributed by atoms with Gasteiger partial charge in [0, 0.05) is 31.4 Å². The standard InChI is InChI=1S/C31H40N2O5/c1-3-37-30(35)31(16-9-17-31)29(34)33-19-18-32(22-25(33)20-23-10-5-4-6-11-23)24-14-15-27(36-2)28(21-24)38-26-12-7-8-13-26/h4-6,10-11,14-15,21,25-26H,3,7-9,12-13,16-20,22H2,1-2H3. The summed E-state index contributed by atoms with van der Waals surface area (Å²) in [5.74, 6) is 1.10. The Morgan fingerprint density at radius 2 is 1.74 bits per heavy atom. The minimum absolute atomic E-state index is 0.0631. The molecule has 1 saturated heterocycles. The summed E-state index contributed by atoms with van der Waals surface area (Å²) in [5, 5.41) is 0. The number of hydrogen-bond acceptors (Lipinski definition) is 6. The highest BCUT2D eigenvalue weighted by Crippen LogP contribution is 2.45. The average molecular weight is 521 g/mol. The van der Waals surface area contributed by atoms with E-state index in [2.05, 4.69) is 29.2 Å². The van der Waals surface area contributed by atoms with Gasteiger partial charge in [-0.2, -0.15) is 0 Å². The highest BCUT2D eigenvalue weighted by molar-refractivity contribution is 6.03. The highest BCUT2D eigenvalue weighted by Gasteiger charge is 2.55. The maximum absolute atomic E-state index is 14.0. The van der Waals surface area contributed by atoms with E-state index >= 15 is 0 Å². The van der Waals surface area contributed by atoms with E-state index in [-0.39, 0.29) is 30.6 Å². The lowest BCUT2D eigenvalue weighted by Crippen LogP contribution is -2.62. The van der Waals surface area contributed by atoms with Gasteiger partial charge < -0.3 is 24.0 Å². The smallest absolute Gasteiger partial charge is 0.321 e. The first kappa shape index (κ1) is 26.4. The van der Waals surface area contributed by atoms with Crippen molar-refractivity contribution >= 4 is 17.6 Å². The molecule has 1 amide bonds. The van der Waals surface area contributed by atoms with Gasteiger partial charge in [0.2, 0.25) is 5.91 Å². The molecule has 38 heavy (non-hydrogen) atoms. The van der Waals surface area contributed by atoms with Gasteiger partial charge in [-0.15, -0.1) is 0 Å². The molecule has 1 aliphatic heterocycles. The number of methoxy groups -OCH3 is 1. The van der Waals surface area contributed by atoms with Gasteiger partial charge in [0.1, 0.15) is 5.41 Å². The quantitative estimate of drug-likeness (QED) is 0.342. The molecule has 2 aliphatic carbocycles. The van der Waals surface area contributed by atoms with E-state index in [1.54, 1.807) is 14.0 Å². The van der Waals surface area contributed by atoms with Crippen LogP contribution in [0.25, 0.3) is 0 Å². The largest absolute Gasteiger partial charge is 0.493 e. The highest BCUT2D eigenvalue weighted by atomic mass is 16.5. The molecule has 2 aromatic rings. The number of ether oxygens (including phenoxy) is 3. The zero-order valence-electron chi connectivity index (χ0n) is 22.7. The second-order valence-corrected chi connectivity index (χ2v) is 10.8. The zero-order chi connectivity index (χ0) is 26.5. The number of rotatable bonds is 9. The fraction of sp³-hybridized carbons (Fsp3) is 0.548. The minimum atomic E-state index is -1.02. The summed E-state index contributed by atoms with van der Waals surface area (Å²) in [7, 11) is 1.68. The topological polar surface area (TPSA) is 68.3 Å². The van der Waals surface area contributed by atoms with E-state index in [9.17, 15) is 9.59 Å². The van der Waals surface area contributed by atoms with Crippen LogP contribution in [0, 0.1) is 5.41 Å². The van der Waals surface area contributed by atoms with Gasteiger partial charge in [0.15, 0.2) is 11.5 Å². The molecular formula is C31H40N2O5. The summed E-state index contributed by atoms with van der Waals surface area (Å²) in [4.78, 5) is 31.2. The number of anilines is 1. The van der Waals surface area contributed by atoms with Crippen molar-refractivity contribution in [3.05, 3.63) is 54.1 Å². The van der Waals surface area contributed by atoms with Crippen LogP contribution >= 0.6 is 0 Å². The lowest BCUT2D eigenvalue weighted by atomic mass is 9.67. The summed E-state index contributed by atoms with van der Waals surface area (Å²) in [6.45, 7) is 4.01. The van der Waals surface area contributed by atoms with Crippen LogP contribution in [-0.4, -0.2) is 62.3 Å². The number of nitrogens with zero attached hydrogens (tertiary/aromatic N) is 2. The maximum atomic E-state index is 14.0. The number of piperazine rings is 1. The molecule has 0 radical (unpaired) electrons. The molecule has 0 spiro atoms. The van der Waals surface area contributed by atoms with Crippen molar-refractivity contribution in [3.8, 4) is 11.5 Å². The summed E-state index contributed by atoms with van der Waals surface area (Å²) in [5.41, 5.74) is 1.22. The van der Waals surface area contributed by atoms with Gasteiger partial charge in [-0.1, -0.05) is 36.8 Å². The Labute approximate surface area is 226 Å². The van der Waals surface area contributed by atoms with Crippen LogP contribution in [0.15, 0.2) is 48.5 Å². The normalized spacial score (nSPS) is 21.1. The molecule has 7 nitrogen and oxygen atoms in total. The Hall–Kier alpha value is -3.22. The van der Waals surface area contributed by atoms with Crippen molar-refractivity contribution in [2.75, 3.05) is 38.3 Å². The molecule has 5 rings (SSSR count). The van der Waals surface area contributed by atoms with Crippen LogP contribution in [0.4, 0.5) is 5.69 Å². The molecule has 7 heteroatoms. The van der Waals surface area contributed by atoms with E-state index in [0.29, 0.717) is 32.5 Å². The molecule has 0 aromatic heterocycles. The fourth-order valence-electron chi connectivity index (χ4n) is 6.14. The predicted molar refractivity (Wildman–Crippen MR) is 147 cm³/mol. The van der Waals surface area contributed by atoms with Crippen LogP contribution in [0.2, 0.25) is 0 Å². The SMILES string of the molecule is CCOC(=O)C1(C(=O)N2CCN(c3ccc(OC)c(OC4CCCC4)c3)CC2Cc2ccccc2)CCC1. The van der Waals surface area contributed by atoms with Crippen LogP contribution in [0.1, 0.15) is 57.4 Å². The third kappa shape index (κ3) is 5.33. The van der Waals surface area contributed by atoms with Crippen molar-refractivity contribution in [1.29, 1.82) is 0 Å². The second-order valence-electron chi connectivity index (χ2n) is 10.8. The van der Waals surface area contributed by atoms with Crippen molar-refractivity contribution in [2.24, 2.45) is 5.41 Å². The van der Waals surface area contributed by atoms with Gasteiger partial charge in [-0.05, 0) is 69.6 Å².